The zero-order valence-electron chi connectivity index (χ0n) is 17.4. The van der Waals surface area contributed by atoms with E-state index in [1.54, 1.807) is 14.2 Å². The maximum Gasteiger partial charge on any atom is 0.226 e. The fourth-order valence-corrected chi connectivity index (χ4v) is 3.90. The molecule has 7 heteroatoms. The van der Waals surface area contributed by atoms with E-state index in [1.165, 1.54) is 11.3 Å². The number of nitrogens with one attached hydrogen (secondary N) is 1. The first-order valence-corrected chi connectivity index (χ1v) is 10.7. The number of methoxy groups -OCH3 is 2. The van der Waals surface area contributed by atoms with E-state index >= 15 is 0 Å². The molecule has 2 aromatic carbocycles. The smallest absolute Gasteiger partial charge is 0.226 e. The van der Waals surface area contributed by atoms with E-state index in [0.717, 1.165) is 27.6 Å². The standard InChI is InChI=1S/C23H26N2O4S/c1-4-29-19-8-6-5-7-18(19)23-25-17(15-30-23)14-22(26)24-12-11-16-9-10-20(27-2)21(13-16)28-3/h5-10,13,15H,4,11-12,14H2,1-3H3,(H,24,26). The van der Waals surface area contributed by atoms with Crippen LogP contribution in [-0.4, -0.2) is 38.3 Å². The Balaban J connectivity index is 1.54. The molecule has 1 N–H and O–H groups in total. The van der Waals surface area contributed by atoms with Crippen LogP contribution in [0, 0.1) is 0 Å². The van der Waals surface area contributed by atoms with Crippen molar-refractivity contribution in [2.75, 3.05) is 27.4 Å². The van der Waals surface area contributed by atoms with Crippen LogP contribution in [0.1, 0.15) is 18.2 Å². The van der Waals surface area contributed by atoms with E-state index in [0.29, 0.717) is 31.1 Å². The fourth-order valence-electron chi connectivity index (χ4n) is 3.05. The second-order valence-electron chi connectivity index (χ2n) is 6.54. The minimum absolute atomic E-state index is 0.0505. The van der Waals surface area contributed by atoms with E-state index in [-0.39, 0.29) is 12.3 Å². The zero-order valence-corrected chi connectivity index (χ0v) is 18.3. The number of hydrogen-bond donors (Lipinski definition) is 1. The van der Waals surface area contributed by atoms with Crippen molar-refractivity contribution in [2.45, 2.75) is 19.8 Å². The van der Waals surface area contributed by atoms with Crippen molar-refractivity contribution in [3.05, 3.63) is 59.1 Å². The van der Waals surface area contributed by atoms with Gasteiger partial charge in [0.2, 0.25) is 5.91 Å². The number of para-hydroxylation sites is 1. The maximum absolute atomic E-state index is 12.3. The third kappa shape index (κ3) is 5.51. The van der Waals surface area contributed by atoms with E-state index in [2.05, 4.69) is 10.3 Å². The molecule has 30 heavy (non-hydrogen) atoms. The van der Waals surface area contributed by atoms with Gasteiger partial charge in [0.1, 0.15) is 10.8 Å². The van der Waals surface area contributed by atoms with Crippen LogP contribution in [0.4, 0.5) is 0 Å². The molecule has 0 fully saturated rings. The van der Waals surface area contributed by atoms with Gasteiger partial charge in [0.05, 0.1) is 38.5 Å². The van der Waals surface area contributed by atoms with Crippen molar-refractivity contribution in [1.29, 1.82) is 0 Å². The highest BCUT2D eigenvalue weighted by Gasteiger charge is 2.12. The van der Waals surface area contributed by atoms with Crippen LogP contribution in [0.5, 0.6) is 17.2 Å². The number of hydrogen-bond acceptors (Lipinski definition) is 6. The molecule has 0 aliphatic rings. The van der Waals surface area contributed by atoms with Crippen molar-refractivity contribution in [3.63, 3.8) is 0 Å². The zero-order chi connectivity index (χ0) is 21.3. The molecule has 0 atom stereocenters. The molecule has 0 aliphatic carbocycles. The van der Waals surface area contributed by atoms with Crippen LogP contribution < -0.4 is 19.5 Å². The Morgan fingerprint density at radius 1 is 1.07 bits per heavy atom. The van der Waals surface area contributed by atoms with Crippen LogP contribution >= 0.6 is 11.3 Å². The van der Waals surface area contributed by atoms with Gasteiger partial charge in [0.25, 0.3) is 0 Å². The molecule has 6 nitrogen and oxygen atoms in total. The summed E-state index contributed by atoms with van der Waals surface area (Å²) in [5.74, 6) is 2.13. The van der Waals surface area contributed by atoms with Gasteiger partial charge < -0.3 is 19.5 Å². The lowest BCUT2D eigenvalue weighted by Crippen LogP contribution is -2.27. The number of aromatic nitrogens is 1. The molecular formula is C23H26N2O4S. The van der Waals surface area contributed by atoms with Crippen molar-refractivity contribution in [2.24, 2.45) is 0 Å². The molecule has 1 aromatic heterocycles. The minimum atomic E-state index is -0.0505. The average Bonchev–Trinajstić information content (AvgIpc) is 3.22. The molecule has 158 valence electrons. The van der Waals surface area contributed by atoms with Gasteiger partial charge in [-0.05, 0) is 43.2 Å². The lowest BCUT2D eigenvalue weighted by atomic mass is 10.1. The van der Waals surface area contributed by atoms with Crippen LogP contribution in [0.3, 0.4) is 0 Å². The van der Waals surface area contributed by atoms with E-state index in [4.69, 9.17) is 14.2 Å². The number of thiazole rings is 1. The lowest BCUT2D eigenvalue weighted by Gasteiger charge is -2.10. The summed E-state index contributed by atoms with van der Waals surface area (Å²) in [4.78, 5) is 16.9. The molecule has 0 radical (unpaired) electrons. The highest BCUT2D eigenvalue weighted by Crippen LogP contribution is 2.32. The van der Waals surface area contributed by atoms with Gasteiger partial charge in [-0.15, -0.1) is 11.3 Å². The number of rotatable bonds is 10. The van der Waals surface area contributed by atoms with Crippen molar-refractivity contribution >= 4 is 17.2 Å². The van der Waals surface area contributed by atoms with Crippen molar-refractivity contribution < 1.29 is 19.0 Å². The van der Waals surface area contributed by atoms with Crippen molar-refractivity contribution in [3.8, 4) is 27.8 Å². The summed E-state index contributed by atoms with van der Waals surface area (Å²) in [6.07, 6.45) is 0.954. The summed E-state index contributed by atoms with van der Waals surface area (Å²) in [6.45, 7) is 3.09. The van der Waals surface area contributed by atoms with Gasteiger partial charge in [-0.1, -0.05) is 18.2 Å². The molecule has 0 saturated heterocycles. The van der Waals surface area contributed by atoms with Gasteiger partial charge in [-0.25, -0.2) is 4.98 Å². The molecule has 0 unspecified atom stereocenters. The number of carbonyl (C=O) groups is 1. The molecule has 3 aromatic rings. The number of ether oxygens (including phenoxy) is 3. The van der Waals surface area contributed by atoms with E-state index < -0.39 is 0 Å². The topological polar surface area (TPSA) is 69.7 Å². The summed E-state index contributed by atoms with van der Waals surface area (Å²) in [5.41, 5.74) is 2.77. The second kappa shape index (κ2) is 10.6. The Morgan fingerprint density at radius 3 is 2.63 bits per heavy atom. The maximum atomic E-state index is 12.3. The first-order valence-electron chi connectivity index (χ1n) is 9.78. The molecule has 0 spiro atoms. The predicted octanol–water partition coefficient (Wildman–Crippen LogP) is 4.13. The van der Waals surface area contributed by atoms with E-state index in [9.17, 15) is 4.79 Å². The van der Waals surface area contributed by atoms with Gasteiger partial charge in [-0.3, -0.25) is 4.79 Å². The highest BCUT2D eigenvalue weighted by molar-refractivity contribution is 7.13. The van der Waals surface area contributed by atoms with E-state index in [1.807, 2.05) is 54.8 Å². The van der Waals surface area contributed by atoms with Crippen LogP contribution in [-0.2, 0) is 17.6 Å². The molecule has 0 aliphatic heterocycles. The number of amides is 1. The Bertz CT molecular complexity index is 987. The average molecular weight is 427 g/mol. The molecular weight excluding hydrogens is 400 g/mol. The number of benzene rings is 2. The Morgan fingerprint density at radius 2 is 1.87 bits per heavy atom. The molecule has 0 bridgehead atoms. The Labute approximate surface area is 180 Å². The molecule has 1 amide bonds. The predicted molar refractivity (Wildman–Crippen MR) is 119 cm³/mol. The third-order valence-corrected chi connectivity index (χ3v) is 5.42. The van der Waals surface area contributed by atoms with Gasteiger partial charge in [0.15, 0.2) is 11.5 Å². The van der Waals surface area contributed by atoms with Gasteiger partial charge in [0, 0.05) is 11.9 Å². The normalized spacial score (nSPS) is 10.5. The Hall–Kier alpha value is -3.06. The first-order chi connectivity index (χ1) is 14.6. The van der Waals surface area contributed by atoms with Crippen LogP contribution in [0.25, 0.3) is 10.6 Å². The fraction of sp³-hybridized carbons (Fsp3) is 0.304. The SMILES string of the molecule is CCOc1ccccc1-c1nc(CC(=O)NCCc2ccc(OC)c(OC)c2)cs1. The van der Waals surface area contributed by atoms with Crippen molar-refractivity contribution in [1.82, 2.24) is 10.3 Å². The summed E-state index contributed by atoms with van der Waals surface area (Å²) >= 11 is 1.52. The van der Waals surface area contributed by atoms with Gasteiger partial charge in [-0.2, -0.15) is 0 Å². The summed E-state index contributed by atoms with van der Waals surface area (Å²) in [7, 11) is 3.22. The Kier molecular flexibility index (Phi) is 7.68. The lowest BCUT2D eigenvalue weighted by molar-refractivity contribution is -0.120. The molecule has 0 saturated carbocycles. The van der Waals surface area contributed by atoms with Gasteiger partial charge >= 0.3 is 0 Å². The second-order valence-corrected chi connectivity index (χ2v) is 7.40. The summed E-state index contributed by atoms with van der Waals surface area (Å²) < 4.78 is 16.2. The summed E-state index contributed by atoms with van der Waals surface area (Å²) in [5, 5.41) is 5.73. The molecule has 3 rings (SSSR count). The van der Waals surface area contributed by atoms with Crippen LogP contribution in [0.2, 0.25) is 0 Å². The quantitative estimate of drug-likeness (QED) is 0.528. The monoisotopic (exact) mass is 426 g/mol. The largest absolute Gasteiger partial charge is 0.493 e. The minimum Gasteiger partial charge on any atom is -0.493 e. The van der Waals surface area contributed by atoms with Crippen LogP contribution in [0.15, 0.2) is 47.8 Å². The first kappa shape index (κ1) is 21.6. The number of carbonyl (C=O) groups excluding carboxylic acids is 1. The third-order valence-electron chi connectivity index (χ3n) is 4.49. The highest BCUT2D eigenvalue weighted by atomic mass is 32.1. The molecule has 1 heterocycles. The summed E-state index contributed by atoms with van der Waals surface area (Å²) in [6, 6.07) is 13.6. The number of nitrogens with zero attached hydrogens (tertiary/aromatic N) is 1.